The molecular weight excluding hydrogens is 596 g/mol. The van der Waals surface area contributed by atoms with Gasteiger partial charge in [-0.2, -0.15) is 0 Å². The Morgan fingerprint density at radius 2 is 1.76 bits per heavy atom. The highest BCUT2D eigenvalue weighted by molar-refractivity contribution is 6.55. The molecule has 11 heteroatoms. The van der Waals surface area contributed by atoms with Crippen LogP contribution in [0.2, 0.25) is 19.1 Å². The number of benzene rings is 2. The topological polar surface area (TPSA) is 101 Å². The Morgan fingerprint density at radius 1 is 1.04 bits per heavy atom. The van der Waals surface area contributed by atoms with Gasteiger partial charge in [0.15, 0.2) is 0 Å². The quantitative estimate of drug-likeness (QED) is 0.136. The fourth-order valence-electron chi connectivity index (χ4n) is 5.21. The highest BCUT2D eigenvalue weighted by Crippen LogP contribution is 2.41. The van der Waals surface area contributed by atoms with Crippen LogP contribution in [0.15, 0.2) is 60.8 Å². The summed E-state index contributed by atoms with van der Waals surface area (Å²) in [6.07, 6.45) is 1.09. The molecule has 0 aliphatic heterocycles. The van der Waals surface area contributed by atoms with Gasteiger partial charge in [0.05, 0.1) is 19.1 Å². The Hall–Kier alpha value is -3.99. The van der Waals surface area contributed by atoms with Crippen LogP contribution in [-0.2, 0) is 20.9 Å². The van der Waals surface area contributed by atoms with Gasteiger partial charge in [0.2, 0.25) is 5.91 Å². The van der Waals surface area contributed by atoms with Crippen LogP contribution in [0.4, 0.5) is 13.6 Å². The third-order valence-corrected chi connectivity index (χ3v) is 8.53. The largest absolute Gasteiger partial charge is 0.481 e. The fourth-order valence-corrected chi connectivity index (χ4v) is 5.72. The Morgan fingerprint density at radius 3 is 2.40 bits per heavy atom. The molecule has 0 spiro atoms. The van der Waals surface area contributed by atoms with Gasteiger partial charge in [-0.15, -0.1) is 0 Å². The van der Waals surface area contributed by atoms with E-state index in [1.807, 2.05) is 55.7 Å². The molecular formula is C34H44F2N3O5Si. The number of nitrogens with zero attached hydrogens (tertiary/aromatic N) is 2. The number of aliphatic carboxylic acids is 1. The minimum Gasteiger partial charge on any atom is -0.481 e. The molecule has 3 aromatic rings. The lowest BCUT2D eigenvalue weighted by Gasteiger charge is -2.41. The molecule has 1 aromatic heterocycles. The molecule has 1 atom stereocenters. The maximum atomic E-state index is 15.0. The van der Waals surface area contributed by atoms with Crippen molar-refractivity contribution in [1.82, 2.24) is 14.8 Å². The molecule has 8 nitrogen and oxygen atoms in total. The van der Waals surface area contributed by atoms with Crippen LogP contribution in [0.3, 0.4) is 0 Å². The molecule has 1 heterocycles. The van der Waals surface area contributed by atoms with Gasteiger partial charge in [-0.05, 0) is 47.7 Å². The number of carboxylic acid groups (broad SMARTS) is 1. The molecule has 0 unspecified atom stereocenters. The predicted octanol–water partition coefficient (Wildman–Crippen LogP) is 7.13. The van der Waals surface area contributed by atoms with Crippen molar-refractivity contribution in [3.63, 3.8) is 0 Å². The van der Waals surface area contributed by atoms with Crippen LogP contribution in [0, 0.1) is 17.0 Å². The highest BCUT2D eigenvalue weighted by Gasteiger charge is 2.37. The van der Waals surface area contributed by atoms with Crippen LogP contribution < -0.4 is 5.32 Å². The molecule has 0 aliphatic carbocycles. The van der Waals surface area contributed by atoms with E-state index in [2.05, 4.69) is 18.4 Å². The molecule has 2 aromatic carbocycles. The standard InChI is InChI=1S/C34H44F2N3O5Si/c1-34(2,3)32(39(30(40)14-15-31(41)42)17-9-16-37-33(43)44-18-19-45(4)5)29-20-25(27-21-26(35)12-13-28(27)36)23-38(29)22-24-10-7-6-8-11-24/h6-8,10-13,20-21,23,32H,9,14-19,22H2,1-5H3,(H,37,43)(H,41,42)/t32-/m0/s1. The van der Waals surface area contributed by atoms with E-state index in [1.165, 1.54) is 0 Å². The molecule has 3 rings (SSSR count). The first-order valence-electron chi connectivity index (χ1n) is 15.2. The van der Waals surface area contributed by atoms with Crippen molar-refractivity contribution in [2.45, 2.75) is 71.8 Å². The highest BCUT2D eigenvalue weighted by atomic mass is 28.3. The van der Waals surface area contributed by atoms with Gasteiger partial charge in [-0.25, -0.2) is 13.6 Å². The van der Waals surface area contributed by atoms with Crippen LogP contribution in [0.1, 0.15) is 57.3 Å². The number of hydrogen-bond donors (Lipinski definition) is 2. The average Bonchev–Trinajstić information content (AvgIpc) is 3.36. The zero-order valence-corrected chi connectivity index (χ0v) is 27.7. The number of carbonyl (C=O) groups excluding carboxylic acids is 2. The molecule has 0 aliphatic rings. The lowest BCUT2D eigenvalue weighted by molar-refractivity contribution is -0.143. The summed E-state index contributed by atoms with van der Waals surface area (Å²) in [5, 5.41) is 12.1. The zero-order valence-electron chi connectivity index (χ0n) is 26.7. The van der Waals surface area contributed by atoms with Gasteiger partial charge >= 0.3 is 12.1 Å². The summed E-state index contributed by atoms with van der Waals surface area (Å²) >= 11 is 0. The van der Waals surface area contributed by atoms with Crippen molar-refractivity contribution in [2.24, 2.45) is 5.41 Å². The Balaban J connectivity index is 2.00. The third kappa shape index (κ3) is 10.8. The van der Waals surface area contributed by atoms with Crippen molar-refractivity contribution in [2.75, 3.05) is 19.7 Å². The number of alkyl carbamates (subject to hydrolysis) is 1. The van der Waals surface area contributed by atoms with Crippen molar-refractivity contribution in [3.8, 4) is 11.1 Å². The monoisotopic (exact) mass is 640 g/mol. The van der Waals surface area contributed by atoms with Crippen LogP contribution >= 0.6 is 0 Å². The molecule has 0 fully saturated rings. The number of amides is 2. The van der Waals surface area contributed by atoms with Crippen LogP contribution in [0.5, 0.6) is 0 Å². The van der Waals surface area contributed by atoms with Crippen molar-refractivity contribution < 1.29 is 33.0 Å². The van der Waals surface area contributed by atoms with Crippen molar-refractivity contribution in [3.05, 3.63) is 83.7 Å². The second kappa shape index (κ2) is 16.4. The van der Waals surface area contributed by atoms with Crippen molar-refractivity contribution >= 4 is 26.8 Å². The van der Waals surface area contributed by atoms with Gasteiger partial charge in [0.25, 0.3) is 0 Å². The van der Waals surface area contributed by atoms with E-state index in [0.717, 1.165) is 29.8 Å². The minimum atomic E-state index is -1.08. The summed E-state index contributed by atoms with van der Waals surface area (Å²) in [6.45, 7) is 11.4. The van der Waals surface area contributed by atoms with Crippen molar-refractivity contribution in [1.29, 1.82) is 0 Å². The normalized spacial score (nSPS) is 12.2. The lowest BCUT2D eigenvalue weighted by atomic mass is 9.82. The number of ether oxygens (including phenoxy) is 1. The van der Waals surface area contributed by atoms with E-state index < -0.39 is 44.0 Å². The summed E-state index contributed by atoms with van der Waals surface area (Å²) in [6, 6.07) is 15.0. The van der Waals surface area contributed by atoms with E-state index >= 15 is 0 Å². The predicted molar refractivity (Wildman–Crippen MR) is 172 cm³/mol. The number of carboxylic acids is 1. The minimum absolute atomic E-state index is 0.0987. The Kier molecular flexibility index (Phi) is 12.9. The second-order valence-corrected chi connectivity index (χ2v) is 15.4. The molecule has 0 bridgehead atoms. The van der Waals surface area contributed by atoms with E-state index in [1.54, 1.807) is 17.2 Å². The smallest absolute Gasteiger partial charge is 0.407 e. The molecule has 0 saturated heterocycles. The van der Waals surface area contributed by atoms with Gasteiger partial charge in [0.1, 0.15) is 11.6 Å². The van der Waals surface area contributed by atoms with Gasteiger partial charge in [-0.3, -0.25) is 9.59 Å². The zero-order chi connectivity index (χ0) is 33.1. The molecule has 45 heavy (non-hydrogen) atoms. The number of carbonyl (C=O) groups is 3. The lowest BCUT2D eigenvalue weighted by Crippen LogP contribution is -2.43. The number of nitrogens with one attached hydrogen (secondary N) is 1. The number of hydrogen-bond acceptors (Lipinski definition) is 4. The number of rotatable bonds is 15. The van der Waals surface area contributed by atoms with Crippen LogP contribution in [0.25, 0.3) is 11.1 Å². The summed E-state index contributed by atoms with van der Waals surface area (Å²) in [5.41, 5.74) is 1.66. The maximum Gasteiger partial charge on any atom is 0.407 e. The average molecular weight is 641 g/mol. The number of halogens is 2. The van der Waals surface area contributed by atoms with E-state index in [0.29, 0.717) is 30.8 Å². The molecule has 0 saturated carbocycles. The maximum absolute atomic E-state index is 15.0. The summed E-state index contributed by atoms with van der Waals surface area (Å²) in [7, 11) is -0.512. The first-order valence-corrected chi connectivity index (χ1v) is 17.9. The van der Waals surface area contributed by atoms with Gasteiger partial charge < -0.3 is 24.6 Å². The Labute approximate surface area is 266 Å². The SMILES string of the molecule is C[Si](C)CCOC(=O)NCCCN(C(=O)CCC(=O)O)[C@@H](c1cc(-c2cc(F)ccc2F)cn1Cc1ccccc1)C(C)(C)C. The first kappa shape index (κ1) is 35.5. The first-order chi connectivity index (χ1) is 21.3. The van der Waals surface area contributed by atoms with E-state index in [-0.39, 0.29) is 37.4 Å². The number of aromatic nitrogens is 1. The third-order valence-electron chi connectivity index (χ3n) is 7.33. The molecule has 243 valence electrons. The Bertz CT molecular complexity index is 1440. The van der Waals surface area contributed by atoms with E-state index in [9.17, 15) is 28.3 Å². The summed E-state index contributed by atoms with van der Waals surface area (Å²) in [4.78, 5) is 39.0. The molecule has 2 amide bonds. The van der Waals surface area contributed by atoms with E-state index in [4.69, 9.17) is 4.74 Å². The van der Waals surface area contributed by atoms with Crippen LogP contribution in [-0.4, -0.2) is 61.0 Å². The second-order valence-electron chi connectivity index (χ2n) is 12.5. The summed E-state index contributed by atoms with van der Waals surface area (Å²) in [5.74, 6) is -2.58. The molecule has 2 N–H and O–H groups in total. The fraction of sp³-hybridized carbons (Fsp3) is 0.441. The van der Waals surface area contributed by atoms with Gasteiger partial charge in [-0.1, -0.05) is 64.2 Å². The molecule has 1 radical (unpaired) electrons. The summed E-state index contributed by atoms with van der Waals surface area (Å²) < 4.78 is 36.4. The van der Waals surface area contributed by atoms with Gasteiger partial charge in [0, 0.05) is 57.9 Å².